The van der Waals surface area contributed by atoms with Crippen LogP contribution in [0.15, 0.2) is 30.3 Å². The Morgan fingerprint density at radius 2 is 1.95 bits per heavy atom. The van der Waals surface area contributed by atoms with Crippen molar-refractivity contribution in [2.45, 2.75) is 46.7 Å². The van der Waals surface area contributed by atoms with Crippen molar-refractivity contribution in [3.63, 3.8) is 0 Å². The second-order valence-corrected chi connectivity index (χ2v) is 5.49. The van der Waals surface area contributed by atoms with E-state index in [1.54, 1.807) is 0 Å². The lowest BCUT2D eigenvalue weighted by atomic mass is 10.1. The van der Waals surface area contributed by atoms with Crippen LogP contribution in [0.1, 0.15) is 39.7 Å². The standard InChI is InChI=1S/C18H27N3/c1-5-14(4)21(7-3)18-16(13-19-6-2)12-15-10-8-9-11-17(15)20-18/h8-12,14,19H,5-7,13H2,1-4H3. The zero-order valence-electron chi connectivity index (χ0n) is 13.7. The number of para-hydroxylation sites is 1. The lowest BCUT2D eigenvalue weighted by Gasteiger charge is -2.30. The number of aromatic nitrogens is 1. The Kier molecular flexibility index (Phi) is 5.57. The predicted molar refractivity (Wildman–Crippen MR) is 91.9 cm³/mol. The Labute approximate surface area is 128 Å². The number of nitrogens with zero attached hydrogens (tertiary/aromatic N) is 2. The van der Waals surface area contributed by atoms with Crippen LogP contribution in [0.3, 0.4) is 0 Å². The monoisotopic (exact) mass is 285 g/mol. The van der Waals surface area contributed by atoms with Gasteiger partial charge >= 0.3 is 0 Å². The minimum atomic E-state index is 0.504. The van der Waals surface area contributed by atoms with Crippen molar-refractivity contribution < 1.29 is 0 Å². The van der Waals surface area contributed by atoms with E-state index < -0.39 is 0 Å². The molecule has 2 rings (SSSR count). The zero-order chi connectivity index (χ0) is 15.2. The van der Waals surface area contributed by atoms with E-state index in [2.05, 4.69) is 68.2 Å². The van der Waals surface area contributed by atoms with E-state index in [1.165, 1.54) is 10.9 Å². The first-order valence-corrected chi connectivity index (χ1v) is 8.07. The molecule has 0 aliphatic heterocycles. The van der Waals surface area contributed by atoms with Crippen LogP contribution < -0.4 is 10.2 Å². The van der Waals surface area contributed by atoms with Crippen LogP contribution in [0.5, 0.6) is 0 Å². The molecule has 1 unspecified atom stereocenters. The maximum Gasteiger partial charge on any atom is 0.134 e. The third-order valence-electron chi connectivity index (χ3n) is 4.08. The van der Waals surface area contributed by atoms with Crippen LogP contribution in [0.2, 0.25) is 0 Å². The Balaban J connectivity index is 2.51. The molecule has 21 heavy (non-hydrogen) atoms. The minimum Gasteiger partial charge on any atom is -0.354 e. The van der Waals surface area contributed by atoms with Gasteiger partial charge in [0.05, 0.1) is 5.52 Å². The van der Waals surface area contributed by atoms with Gasteiger partial charge in [0, 0.05) is 30.1 Å². The van der Waals surface area contributed by atoms with Gasteiger partial charge in [0.15, 0.2) is 0 Å². The molecule has 1 atom stereocenters. The molecule has 2 aromatic rings. The average Bonchev–Trinajstić information content (AvgIpc) is 2.53. The molecule has 3 nitrogen and oxygen atoms in total. The van der Waals surface area contributed by atoms with E-state index in [0.29, 0.717) is 6.04 Å². The lowest BCUT2D eigenvalue weighted by molar-refractivity contribution is 0.617. The van der Waals surface area contributed by atoms with Crippen LogP contribution >= 0.6 is 0 Å². The van der Waals surface area contributed by atoms with Crippen molar-refractivity contribution in [3.8, 4) is 0 Å². The van der Waals surface area contributed by atoms with Gasteiger partial charge in [0.1, 0.15) is 5.82 Å². The maximum atomic E-state index is 4.95. The molecule has 0 fully saturated rings. The van der Waals surface area contributed by atoms with Crippen molar-refractivity contribution in [3.05, 3.63) is 35.9 Å². The van der Waals surface area contributed by atoms with Gasteiger partial charge in [-0.3, -0.25) is 0 Å². The summed E-state index contributed by atoms with van der Waals surface area (Å²) in [7, 11) is 0. The molecule has 0 aliphatic carbocycles. The molecule has 0 radical (unpaired) electrons. The van der Waals surface area contributed by atoms with Gasteiger partial charge in [-0.2, -0.15) is 0 Å². The highest BCUT2D eigenvalue weighted by Gasteiger charge is 2.17. The summed E-state index contributed by atoms with van der Waals surface area (Å²) in [4.78, 5) is 7.37. The van der Waals surface area contributed by atoms with Gasteiger partial charge in [0.2, 0.25) is 0 Å². The molecule has 114 valence electrons. The fourth-order valence-electron chi connectivity index (χ4n) is 2.68. The van der Waals surface area contributed by atoms with Crippen LogP contribution in [0, 0.1) is 0 Å². The highest BCUT2D eigenvalue weighted by molar-refractivity contribution is 5.81. The summed E-state index contributed by atoms with van der Waals surface area (Å²) in [5.74, 6) is 1.13. The minimum absolute atomic E-state index is 0.504. The molecule has 3 heteroatoms. The molecule has 0 saturated heterocycles. The summed E-state index contributed by atoms with van der Waals surface area (Å²) in [6.07, 6.45) is 1.13. The maximum absolute atomic E-state index is 4.95. The first-order chi connectivity index (χ1) is 10.2. The summed E-state index contributed by atoms with van der Waals surface area (Å²) >= 11 is 0. The number of hydrogen-bond donors (Lipinski definition) is 1. The largest absolute Gasteiger partial charge is 0.354 e. The fraction of sp³-hybridized carbons (Fsp3) is 0.500. The second-order valence-electron chi connectivity index (χ2n) is 5.49. The topological polar surface area (TPSA) is 28.2 Å². The molecule has 1 aromatic carbocycles. The van der Waals surface area contributed by atoms with Crippen molar-refractivity contribution in [1.82, 2.24) is 10.3 Å². The van der Waals surface area contributed by atoms with Gasteiger partial charge in [0.25, 0.3) is 0 Å². The van der Waals surface area contributed by atoms with E-state index in [1.807, 2.05) is 0 Å². The second kappa shape index (κ2) is 7.41. The molecule has 0 saturated carbocycles. The Hall–Kier alpha value is -1.61. The SMILES string of the molecule is CCNCc1cc2ccccc2nc1N(CC)C(C)CC. The molecular formula is C18H27N3. The van der Waals surface area contributed by atoms with Gasteiger partial charge in [-0.15, -0.1) is 0 Å². The van der Waals surface area contributed by atoms with E-state index in [0.717, 1.165) is 37.4 Å². The predicted octanol–water partition coefficient (Wildman–Crippen LogP) is 3.97. The number of benzene rings is 1. The fourth-order valence-corrected chi connectivity index (χ4v) is 2.68. The zero-order valence-corrected chi connectivity index (χ0v) is 13.7. The third-order valence-corrected chi connectivity index (χ3v) is 4.08. The molecule has 1 aromatic heterocycles. The van der Waals surface area contributed by atoms with Gasteiger partial charge in [-0.25, -0.2) is 4.98 Å². The van der Waals surface area contributed by atoms with Gasteiger partial charge < -0.3 is 10.2 Å². The molecule has 0 aliphatic rings. The summed E-state index contributed by atoms with van der Waals surface area (Å²) < 4.78 is 0. The number of anilines is 1. The van der Waals surface area contributed by atoms with E-state index >= 15 is 0 Å². The highest BCUT2D eigenvalue weighted by atomic mass is 15.2. The van der Waals surface area contributed by atoms with Crippen LogP contribution in [0.25, 0.3) is 10.9 Å². The van der Waals surface area contributed by atoms with Crippen LogP contribution in [-0.2, 0) is 6.54 Å². The Morgan fingerprint density at radius 3 is 2.62 bits per heavy atom. The van der Waals surface area contributed by atoms with E-state index in [9.17, 15) is 0 Å². The molecule has 1 heterocycles. The van der Waals surface area contributed by atoms with E-state index in [-0.39, 0.29) is 0 Å². The Morgan fingerprint density at radius 1 is 1.19 bits per heavy atom. The smallest absolute Gasteiger partial charge is 0.134 e. The van der Waals surface area contributed by atoms with E-state index in [4.69, 9.17) is 4.98 Å². The molecular weight excluding hydrogens is 258 g/mol. The highest BCUT2D eigenvalue weighted by Crippen LogP contribution is 2.25. The Bertz CT molecular complexity index is 580. The van der Waals surface area contributed by atoms with Crippen molar-refractivity contribution in [2.75, 3.05) is 18.0 Å². The van der Waals surface area contributed by atoms with Crippen molar-refractivity contribution >= 4 is 16.7 Å². The van der Waals surface area contributed by atoms with Crippen molar-refractivity contribution in [2.24, 2.45) is 0 Å². The first-order valence-electron chi connectivity index (χ1n) is 8.07. The number of rotatable bonds is 7. The molecule has 0 bridgehead atoms. The van der Waals surface area contributed by atoms with Crippen molar-refractivity contribution in [1.29, 1.82) is 0 Å². The number of hydrogen-bond acceptors (Lipinski definition) is 3. The summed E-state index contributed by atoms with van der Waals surface area (Å²) in [5.41, 5.74) is 2.37. The number of nitrogens with one attached hydrogen (secondary N) is 1. The first kappa shape index (κ1) is 15.8. The van der Waals surface area contributed by atoms with Gasteiger partial charge in [-0.1, -0.05) is 32.0 Å². The summed E-state index contributed by atoms with van der Waals surface area (Å²) in [6, 6.07) is 11.2. The summed E-state index contributed by atoms with van der Waals surface area (Å²) in [6.45, 7) is 11.7. The normalized spacial score (nSPS) is 12.6. The van der Waals surface area contributed by atoms with Crippen LogP contribution in [0.4, 0.5) is 5.82 Å². The number of pyridine rings is 1. The molecule has 0 amide bonds. The average molecular weight is 285 g/mol. The van der Waals surface area contributed by atoms with Gasteiger partial charge in [-0.05, 0) is 38.9 Å². The quantitative estimate of drug-likeness (QED) is 0.834. The molecule has 0 spiro atoms. The molecule has 1 N–H and O–H groups in total. The summed E-state index contributed by atoms with van der Waals surface area (Å²) in [5, 5.41) is 4.66. The third kappa shape index (κ3) is 3.53. The van der Waals surface area contributed by atoms with Crippen LogP contribution in [-0.4, -0.2) is 24.1 Å². The number of fused-ring (bicyclic) bond motifs is 1. The lowest BCUT2D eigenvalue weighted by Crippen LogP contribution is -2.34.